The highest BCUT2D eigenvalue weighted by atomic mass is 127. The lowest BCUT2D eigenvalue weighted by Gasteiger charge is -2.05. The molecule has 0 saturated heterocycles. The highest BCUT2D eigenvalue weighted by Gasteiger charge is 2.23. The van der Waals surface area contributed by atoms with Crippen LogP contribution >= 0.6 is 22.6 Å². The number of nitrogens with zero attached hydrogens (tertiary/aromatic N) is 1. The maximum absolute atomic E-state index is 11.2. The van der Waals surface area contributed by atoms with Gasteiger partial charge in [0.2, 0.25) is 0 Å². The second-order valence-corrected chi connectivity index (χ2v) is 3.87. The Morgan fingerprint density at radius 2 is 2.13 bits per heavy atom. The van der Waals surface area contributed by atoms with Gasteiger partial charge in [0.25, 0.3) is 0 Å². The predicted molar refractivity (Wildman–Crippen MR) is 62.4 cm³/mol. The Morgan fingerprint density at radius 1 is 1.53 bits per heavy atom. The van der Waals surface area contributed by atoms with Crippen LogP contribution < -0.4 is 4.74 Å². The number of nitro groups is 1. The minimum Gasteiger partial charge on any atom is -0.490 e. The van der Waals surface area contributed by atoms with Crippen LogP contribution in [0.2, 0.25) is 0 Å². The Balaban J connectivity index is 3.49. The lowest BCUT2D eigenvalue weighted by molar-refractivity contribution is -0.386. The molecule has 0 heterocycles. The van der Waals surface area contributed by atoms with Gasteiger partial charge in [0.15, 0.2) is 11.5 Å². The van der Waals surface area contributed by atoms with Crippen molar-refractivity contribution >= 4 is 34.1 Å². The summed E-state index contributed by atoms with van der Waals surface area (Å²) >= 11 is 1.78. The molecule has 80 valence electrons. The van der Waals surface area contributed by atoms with Crippen LogP contribution in [0.15, 0.2) is 12.1 Å². The largest absolute Gasteiger partial charge is 0.490 e. The first-order chi connectivity index (χ1) is 6.99. The molecule has 0 aromatic heterocycles. The monoisotopic (exact) mass is 321 g/mol. The maximum Gasteiger partial charge on any atom is 0.324 e. The van der Waals surface area contributed by atoms with Crippen LogP contribution in [0.5, 0.6) is 5.75 Å². The summed E-state index contributed by atoms with van der Waals surface area (Å²) in [4.78, 5) is 21.4. The van der Waals surface area contributed by atoms with Crippen LogP contribution in [-0.2, 0) is 0 Å². The lowest BCUT2D eigenvalue weighted by atomic mass is 10.1. The van der Waals surface area contributed by atoms with Crippen molar-refractivity contribution in [2.75, 3.05) is 7.11 Å². The molecule has 0 spiro atoms. The number of rotatable bonds is 3. The van der Waals surface area contributed by atoms with Gasteiger partial charge in [-0.1, -0.05) is 0 Å². The third-order valence-electron chi connectivity index (χ3n) is 1.86. The van der Waals surface area contributed by atoms with Crippen LogP contribution in [0.3, 0.4) is 0 Å². The number of ketones is 1. The highest BCUT2D eigenvalue weighted by molar-refractivity contribution is 14.1. The number of carbonyl (C=O) groups excluding carboxylic acids is 1. The number of methoxy groups -OCH3 is 1. The molecule has 15 heavy (non-hydrogen) atoms. The summed E-state index contributed by atoms with van der Waals surface area (Å²) in [5.41, 5.74) is 0.175. The number of carbonyl (C=O) groups is 1. The fourth-order valence-electron chi connectivity index (χ4n) is 1.15. The molecule has 5 nitrogen and oxygen atoms in total. The molecule has 0 aliphatic rings. The number of Topliss-reactive ketones (excluding diaryl/α,β-unsaturated/α-hetero) is 1. The first-order valence-electron chi connectivity index (χ1n) is 4.00. The van der Waals surface area contributed by atoms with Gasteiger partial charge < -0.3 is 4.74 Å². The molecule has 0 aliphatic carbocycles. The van der Waals surface area contributed by atoms with Gasteiger partial charge in [-0.05, 0) is 41.6 Å². The smallest absolute Gasteiger partial charge is 0.324 e. The van der Waals surface area contributed by atoms with Gasteiger partial charge in [0, 0.05) is 5.56 Å². The van der Waals surface area contributed by atoms with E-state index in [9.17, 15) is 14.9 Å². The zero-order valence-electron chi connectivity index (χ0n) is 8.11. The molecule has 0 amide bonds. The average molecular weight is 321 g/mol. The van der Waals surface area contributed by atoms with Crippen molar-refractivity contribution in [3.63, 3.8) is 0 Å². The Labute approximate surface area is 99.7 Å². The summed E-state index contributed by atoms with van der Waals surface area (Å²) in [5.74, 6) is -0.0421. The van der Waals surface area contributed by atoms with E-state index in [1.807, 2.05) is 0 Å². The summed E-state index contributed by atoms with van der Waals surface area (Å²) in [5, 5.41) is 10.8. The lowest BCUT2D eigenvalue weighted by Crippen LogP contribution is -2.02. The van der Waals surface area contributed by atoms with Gasteiger partial charge in [0.1, 0.15) is 3.57 Å². The molecule has 1 aromatic carbocycles. The van der Waals surface area contributed by atoms with E-state index in [0.29, 0.717) is 9.13 Å². The number of halogens is 1. The fraction of sp³-hybridized carbons (Fsp3) is 0.222. The Kier molecular flexibility index (Phi) is 3.61. The van der Waals surface area contributed by atoms with Gasteiger partial charge in [-0.25, -0.2) is 0 Å². The molecule has 0 radical (unpaired) electrons. The normalized spacial score (nSPS) is 9.80. The molecule has 0 fully saturated rings. The molecule has 1 aromatic rings. The quantitative estimate of drug-likeness (QED) is 0.371. The Hall–Kier alpha value is -1.18. The molecule has 0 N–H and O–H groups in total. The number of ether oxygens (including phenoxy) is 1. The van der Waals surface area contributed by atoms with E-state index in [0.717, 1.165) is 0 Å². The van der Waals surface area contributed by atoms with Crippen molar-refractivity contribution < 1.29 is 14.5 Å². The zero-order chi connectivity index (χ0) is 11.6. The molecule has 0 aliphatic heterocycles. The standard InChI is InChI=1S/C9H8INO4/c1-5(12)6-3-4-7(15-2)9(8(6)10)11(13)14/h3-4H,1-2H3. The van der Waals surface area contributed by atoms with Crippen LogP contribution in [0.25, 0.3) is 0 Å². The van der Waals surface area contributed by atoms with Gasteiger partial charge in [-0.15, -0.1) is 0 Å². The van der Waals surface area contributed by atoms with Crippen molar-refractivity contribution in [1.82, 2.24) is 0 Å². The van der Waals surface area contributed by atoms with Gasteiger partial charge in [0.05, 0.1) is 12.0 Å². The zero-order valence-corrected chi connectivity index (χ0v) is 10.3. The van der Waals surface area contributed by atoms with Gasteiger partial charge >= 0.3 is 5.69 Å². The van der Waals surface area contributed by atoms with Crippen molar-refractivity contribution in [2.24, 2.45) is 0 Å². The molecular weight excluding hydrogens is 313 g/mol. The molecule has 0 atom stereocenters. The Morgan fingerprint density at radius 3 is 2.53 bits per heavy atom. The number of nitro benzene ring substituents is 1. The van der Waals surface area contributed by atoms with Gasteiger partial charge in [-0.2, -0.15) is 0 Å². The van der Waals surface area contributed by atoms with E-state index >= 15 is 0 Å². The molecule has 0 saturated carbocycles. The van der Waals surface area contributed by atoms with E-state index in [2.05, 4.69) is 0 Å². The molecular formula is C9H8INO4. The fourth-order valence-corrected chi connectivity index (χ4v) is 2.18. The van der Waals surface area contributed by atoms with E-state index in [-0.39, 0.29) is 17.2 Å². The maximum atomic E-state index is 11.2. The molecule has 1 rings (SSSR count). The van der Waals surface area contributed by atoms with Crippen LogP contribution in [0.1, 0.15) is 17.3 Å². The molecule has 0 bridgehead atoms. The number of benzene rings is 1. The van der Waals surface area contributed by atoms with E-state index in [4.69, 9.17) is 4.74 Å². The minimum atomic E-state index is -0.549. The minimum absolute atomic E-state index is 0.161. The SMILES string of the molecule is COc1ccc(C(C)=O)c(I)c1[N+](=O)[O-]. The third-order valence-corrected chi connectivity index (χ3v) is 2.95. The van der Waals surface area contributed by atoms with E-state index < -0.39 is 4.92 Å². The second-order valence-electron chi connectivity index (χ2n) is 2.79. The Bertz CT molecular complexity index is 430. The first kappa shape index (κ1) is 11.9. The summed E-state index contributed by atoms with van der Waals surface area (Å²) in [6.45, 7) is 1.37. The van der Waals surface area contributed by atoms with E-state index in [1.165, 1.54) is 26.2 Å². The van der Waals surface area contributed by atoms with Crippen LogP contribution in [-0.4, -0.2) is 17.8 Å². The van der Waals surface area contributed by atoms with E-state index in [1.54, 1.807) is 22.6 Å². The second kappa shape index (κ2) is 4.56. The van der Waals surface area contributed by atoms with Crippen molar-refractivity contribution in [3.05, 3.63) is 31.4 Å². The van der Waals surface area contributed by atoms with Gasteiger partial charge in [-0.3, -0.25) is 14.9 Å². The van der Waals surface area contributed by atoms with Crippen LogP contribution in [0.4, 0.5) is 5.69 Å². The molecule has 6 heteroatoms. The van der Waals surface area contributed by atoms with Crippen molar-refractivity contribution in [1.29, 1.82) is 0 Å². The highest BCUT2D eigenvalue weighted by Crippen LogP contribution is 2.34. The third kappa shape index (κ3) is 2.25. The topological polar surface area (TPSA) is 69.4 Å². The summed E-state index contributed by atoms with van der Waals surface area (Å²) in [6, 6.07) is 2.95. The number of hydrogen-bond donors (Lipinski definition) is 0. The predicted octanol–water partition coefficient (Wildman–Crippen LogP) is 2.41. The molecule has 0 unspecified atom stereocenters. The summed E-state index contributed by atoms with van der Waals surface area (Å²) < 4.78 is 5.17. The van der Waals surface area contributed by atoms with Crippen LogP contribution in [0, 0.1) is 13.7 Å². The summed E-state index contributed by atoms with van der Waals surface area (Å²) in [6.07, 6.45) is 0. The first-order valence-corrected chi connectivity index (χ1v) is 5.08. The van der Waals surface area contributed by atoms with Crippen molar-refractivity contribution in [2.45, 2.75) is 6.92 Å². The average Bonchev–Trinajstić information content (AvgIpc) is 2.15. The summed E-state index contributed by atoms with van der Waals surface area (Å²) in [7, 11) is 1.35. The number of hydrogen-bond acceptors (Lipinski definition) is 4. The van der Waals surface area contributed by atoms with Crippen molar-refractivity contribution in [3.8, 4) is 5.75 Å².